The molecule has 6 heterocycles. The maximum absolute atomic E-state index is 13.2. The zero-order chi connectivity index (χ0) is 61.6. The van der Waals surface area contributed by atoms with Crippen LogP contribution in [0.4, 0.5) is 27.1 Å². The standard InChI is InChI=1S/C30H44N4O4S.C16H22N4O3.C10H19N3O.C6H4FNO2.ClH/c1-24-21-29(38-4)22-25(2)30(24)39(36,37)31(3)14-11-28(35)23-26-7-9-27(10-8-26)34-19-17-33(18-20-34)16-15-32-12-5-6-13-32;21-16(19-7-1-2-8-19)13-17-9-11-18(12-10-17)14-3-5-15(6-4-14)20(22)23;14-10(13-5-1-2-6-13)9-12-7-3-11-4-8-12;7-5-1-3-6(4-2-5)8(9)10;/h7-10,21-22H,5-6,11-20,23H2,1-4H3;3-6H,1-2,7-13H2;11H,1-9H2;1-4H;1H. The SMILES string of the molecule is COc1cc(C)c(S(=O)(=O)N(C)CCC(=O)Cc2ccc(N3CCN(CCN4CCCC4)CC3)cc2)c(C)c1.Cl.O=C(CN1CCN(c2ccc([N+](=O)[O-])cc2)CC1)N1CCCC1.O=C(CN1CCNCC1)N1CCCC1.O=[N+]([O-])c1ccc(F)cc1. The summed E-state index contributed by atoms with van der Waals surface area (Å²) in [6, 6.07) is 22.7. The molecule has 22 nitrogen and oxygen atoms in total. The molecule has 4 aromatic rings. The molecule has 0 radical (unpaired) electrons. The van der Waals surface area contributed by atoms with Crippen LogP contribution in [0.3, 0.4) is 0 Å². The zero-order valence-electron chi connectivity index (χ0n) is 51.2. The summed E-state index contributed by atoms with van der Waals surface area (Å²) in [6.07, 6.45) is 7.79. The first-order valence-corrected chi connectivity index (χ1v) is 31.8. The van der Waals surface area contributed by atoms with Gasteiger partial charge in [0.25, 0.3) is 11.4 Å². The highest BCUT2D eigenvalue weighted by Crippen LogP contribution is 2.28. The number of anilines is 2. The first kappa shape index (κ1) is 69.7. The number of rotatable bonds is 19. The van der Waals surface area contributed by atoms with Crippen LogP contribution in [0.25, 0.3) is 0 Å². The molecular formula is C62H90ClFN12O10S. The van der Waals surface area contributed by atoms with Gasteiger partial charge in [-0.05, 0) is 131 Å². The number of carbonyl (C=O) groups is 3. The topological polar surface area (TPSA) is 222 Å². The van der Waals surface area contributed by atoms with Gasteiger partial charge in [0.15, 0.2) is 0 Å². The Morgan fingerprint density at radius 3 is 1.44 bits per heavy atom. The number of benzene rings is 4. The van der Waals surface area contributed by atoms with Crippen molar-refractivity contribution in [3.8, 4) is 5.75 Å². The van der Waals surface area contributed by atoms with Gasteiger partial charge >= 0.3 is 0 Å². The predicted molar refractivity (Wildman–Crippen MR) is 339 cm³/mol. The summed E-state index contributed by atoms with van der Waals surface area (Å²) in [4.78, 5) is 74.9. The summed E-state index contributed by atoms with van der Waals surface area (Å²) in [6.45, 7) is 25.1. The zero-order valence-corrected chi connectivity index (χ0v) is 52.8. The van der Waals surface area contributed by atoms with E-state index in [0.29, 0.717) is 42.3 Å². The molecule has 6 aliphatic heterocycles. The van der Waals surface area contributed by atoms with Crippen LogP contribution in [-0.2, 0) is 30.8 Å². The second-order valence-electron chi connectivity index (χ2n) is 22.9. The number of ether oxygens (including phenoxy) is 1. The number of halogens is 2. The summed E-state index contributed by atoms with van der Waals surface area (Å²) >= 11 is 0. The van der Waals surface area contributed by atoms with Crippen LogP contribution in [-0.4, -0.2) is 234 Å². The molecule has 0 bridgehead atoms. The number of piperazine rings is 3. The molecule has 0 saturated carbocycles. The molecule has 0 aromatic heterocycles. The van der Waals surface area contributed by atoms with Crippen molar-refractivity contribution in [1.82, 2.24) is 39.0 Å². The molecule has 25 heteroatoms. The summed E-state index contributed by atoms with van der Waals surface area (Å²) < 4.78 is 45.1. The molecule has 2 amide bonds. The van der Waals surface area contributed by atoms with Crippen molar-refractivity contribution in [2.24, 2.45) is 0 Å². The van der Waals surface area contributed by atoms with Crippen molar-refractivity contribution in [2.75, 3.05) is 174 Å². The fourth-order valence-corrected chi connectivity index (χ4v) is 13.1. The Morgan fingerprint density at radius 2 is 0.989 bits per heavy atom. The highest BCUT2D eigenvalue weighted by Gasteiger charge is 2.28. The highest BCUT2D eigenvalue weighted by molar-refractivity contribution is 7.89. The number of aryl methyl sites for hydroxylation is 2. The van der Waals surface area contributed by atoms with Crippen molar-refractivity contribution < 1.29 is 41.8 Å². The fraction of sp³-hybridized carbons (Fsp3) is 0.565. The van der Waals surface area contributed by atoms with E-state index in [1.54, 1.807) is 57.4 Å². The number of nitro benzene ring substituents is 2. The molecule has 10 rings (SSSR count). The van der Waals surface area contributed by atoms with E-state index in [1.165, 1.54) is 62.4 Å². The first-order chi connectivity index (χ1) is 41.4. The predicted octanol–water partition coefficient (Wildman–Crippen LogP) is 6.36. The van der Waals surface area contributed by atoms with Gasteiger partial charge in [-0.3, -0.25) is 49.3 Å². The summed E-state index contributed by atoms with van der Waals surface area (Å²) in [5, 5.41) is 24.0. The lowest BCUT2D eigenvalue weighted by atomic mass is 10.1. The minimum atomic E-state index is -3.71. The number of hydrogen-bond acceptors (Lipinski definition) is 17. The Kier molecular flexibility index (Phi) is 28.0. The highest BCUT2D eigenvalue weighted by atomic mass is 35.5. The second-order valence-corrected chi connectivity index (χ2v) is 24.9. The number of ketones is 1. The van der Waals surface area contributed by atoms with E-state index < -0.39 is 20.8 Å². The lowest BCUT2D eigenvalue weighted by Crippen LogP contribution is -2.49. The van der Waals surface area contributed by atoms with Gasteiger partial charge in [-0.25, -0.2) is 17.1 Å². The smallest absolute Gasteiger partial charge is 0.269 e. The number of hydrogen-bond donors (Lipinski definition) is 1. The van der Waals surface area contributed by atoms with Crippen LogP contribution in [0.2, 0.25) is 0 Å². The Balaban J connectivity index is 0.000000210. The van der Waals surface area contributed by atoms with Crippen LogP contribution >= 0.6 is 12.4 Å². The Bertz CT molecular complexity index is 2910. The third-order valence-corrected chi connectivity index (χ3v) is 18.9. The van der Waals surface area contributed by atoms with Crippen LogP contribution in [0.15, 0.2) is 89.8 Å². The van der Waals surface area contributed by atoms with Crippen LogP contribution < -0.4 is 19.9 Å². The molecule has 4 aromatic carbocycles. The molecule has 6 fully saturated rings. The molecular weight excluding hydrogens is 1160 g/mol. The number of carbonyl (C=O) groups excluding carboxylic acids is 3. The van der Waals surface area contributed by atoms with Crippen LogP contribution in [0.5, 0.6) is 5.75 Å². The van der Waals surface area contributed by atoms with Gasteiger partial charge in [0.05, 0.1) is 34.9 Å². The lowest BCUT2D eigenvalue weighted by Gasteiger charge is -2.36. The van der Waals surface area contributed by atoms with Gasteiger partial charge in [0, 0.05) is 180 Å². The van der Waals surface area contributed by atoms with Gasteiger partial charge in [-0.15, -0.1) is 12.4 Å². The number of likely N-dealkylation sites (tertiary alicyclic amines) is 3. The normalized spacial score (nSPS) is 17.7. The van der Waals surface area contributed by atoms with Crippen molar-refractivity contribution >= 4 is 62.8 Å². The largest absolute Gasteiger partial charge is 0.497 e. The molecule has 6 saturated heterocycles. The molecule has 1 N–H and O–H groups in total. The van der Waals surface area contributed by atoms with Crippen LogP contribution in [0, 0.1) is 39.9 Å². The van der Waals surface area contributed by atoms with Crippen molar-refractivity contribution in [1.29, 1.82) is 0 Å². The van der Waals surface area contributed by atoms with Crippen molar-refractivity contribution in [3.63, 3.8) is 0 Å². The third kappa shape index (κ3) is 21.7. The average Bonchev–Trinajstić information content (AvgIpc) is 1.81. The van der Waals surface area contributed by atoms with Gasteiger partial charge in [-0.2, -0.15) is 0 Å². The minimum absolute atomic E-state index is 0. The maximum Gasteiger partial charge on any atom is 0.269 e. The van der Waals surface area contributed by atoms with Gasteiger partial charge in [-0.1, -0.05) is 12.1 Å². The maximum atomic E-state index is 13.2. The summed E-state index contributed by atoms with van der Waals surface area (Å²) in [5.74, 6) is 0.754. The Hall–Kier alpha value is -6.38. The van der Waals surface area contributed by atoms with E-state index in [1.807, 2.05) is 21.9 Å². The number of non-ortho nitro benzene ring substituents is 2. The van der Waals surface area contributed by atoms with Crippen molar-refractivity contribution in [2.45, 2.75) is 70.1 Å². The second kappa shape index (κ2) is 35.0. The van der Waals surface area contributed by atoms with E-state index >= 15 is 0 Å². The van der Waals surface area contributed by atoms with Crippen LogP contribution in [0.1, 0.15) is 61.6 Å². The summed E-state index contributed by atoms with van der Waals surface area (Å²) in [7, 11) is -0.614. The molecule has 87 heavy (non-hydrogen) atoms. The quantitative estimate of drug-likeness (QED) is 0.0797. The minimum Gasteiger partial charge on any atom is -0.497 e. The fourth-order valence-electron chi connectivity index (χ4n) is 11.5. The third-order valence-electron chi connectivity index (χ3n) is 16.7. The Morgan fingerprint density at radius 1 is 0.586 bits per heavy atom. The van der Waals surface area contributed by atoms with Gasteiger partial charge in [0.1, 0.15) is 17.3 Å². The molecule has 0 unspecified atom stereocenters. The van der Waals surface area contributed by atoms with E-state index in [2.05, 4.69) is 46.8 Å². The number of methoxy groups -OCH3 is 1. The molecule has 6 aliphatic rings. The molecule has 0 aliphatic carbocycles. The number of nitrogens with zero attached hydrogens (tertiary/aromatic N) is 11. The lowest BCUT2D eigenvalue weighted by molar-refractivity contribution is -0.385. The number of Topliss-reactive ketones (excluding diaryl/α,β-unsaturated/α-hetero) is 1. The summed E-state index contributed by atoms with van der Waals surface area (Å²) in [5.41, 5.74) is 4.44. The van der Waals surface area contributed by atoms with Crippen molar-refractivity contribution in [3.05, 3.63) is 128 Å². The van der Waals surface area contributed by atoms with E-state index in [0.717, 1.165) is 160 Å². The first-order valence-electron chi connectivity index (χ1n) is 30.4. The number of nitro groups is 2. The average molecular weight is 1250 g/mol. The van der Waals surface area contributed by atoms with E-state index in [4.69, 9.17) is 4.74 Å². The Labute approximate surface area is 519 Å². The molecule has 0 spiro atoms. The molecule has 0 atom stereocenters. The monoisotopic (exact) mass is 1250 g/mol. The van der Waals surface area contributed by atoms with E-state index in [-0.39, 0.29) is 58.3 Å². The number of nitrogens with one attached hydrogen (secondary N) is 1. The van der Waals surface area contributed by atoms with Gasteiger partial charge < -0.3 is 34.6 Å². The number of sulfonamides is 1. The van der Waals surface area contributed by atoms with E-state index in [9.17, 15) is 47.4 Å². The number of amides is 2. The van der Waals surface area contributed by atoms with Gasteiger partial charge in [0.2, 0.25) is 21.8 Å². The molecule has 478 valence electrons.